The molecule has 20 heavy (non-hydrogen) atoms. The van der Waals surface area contributed by atoms with Crippen molar-refractivity contribution < 1.29 is 0 Å². The van der Waals surface area contributed by atoms with Crippen LogP contribution >= 0.6 is 0 Å². The summed E-state index contributed by atoms with van der Waals surface area (Å²) in [5, 5.41) is 0. The van der Waals surface area contributed by atoms with Crippen molar-refractivity contribution in [2.24, 2.45) is 0 Å². The van der Waals surface area contributed by atoms with Crippen LogP contribution in [-0.2, 0) is 10.8 Å². The topological polar surface area (TPSA) is 3.24 Å². The Labute approximate surface area is 124 Å². The second-order valence-electron chi connectivity index (χ2n) is 8.37. The van der Waals surface area contributed by atoms with E-state index in [0.29, 0.717) is 16.7 Å². The molecule has 0 atom stereocenters. The molecule has 2 heterocycles. The van der Waals surface area contributed by atoms with Crippen LogP contribution in [0.4, 0.5) is 5.69 Å². The minimum Gasteiger partial charge on any atom is -0.371 e. The smallest absolute Gasteiger partial charge is 0.0442 e. The molecule has 0 spiro atoms. The van der Waals surface area contributed by atoms with Gasteiger partial charge in [0.25, 0.3) is 0 Å². The van der Waals surface area contributed by atoms with Crippen LogP contribution in [-0.4, -0.2) is 13.1 Å². The Balaban J connectivity index is 2.30. The molecule has 2 aliphatic rings. The lowest BCUT2D eigenvalue weighted by molar-refractivity contribution is 0.400. The van der Waals surface area contributed by atoms with Crippen molar-refractivity contribution in [1.82, 2.24) is 0 Å². The molecule has 3 rings (SSSR count). The first kappa shape index (κ1) is 14.0. The van der Waals surface area contributed by atoms with Gasteiger partial charge in [0.15, 0.2) is 0 Å². The molecule has 0 saturated heterocycles. The van der Waals surface area contributed by atoms with E-state index in [4.69, 9.17) is 0 Å². The highest BCUT2D eigenvalue weighted by atomic mass is 15.2. The van der Waals surface area contributed by atoms with Gasteiger partial charge in [-0.3, -0.25) is 0 Å². The minimum absolute atomic E-state index is 0.318. The van der Waals surface area contributed by atoms with Gasteiger partial charge >= 0.3 is 0 Å². The second-order valence-corrected chi connectivity index (χ2v) is 8.37. The van der Waals surface area contributed by atoms with Crippen molar-refractivity contribution in [3.8, 4) is 0 Å². The molecule has 110 valence electrons. The molecule has 1 nitrogen and oxygen atoms in total. The normalized spacial score (nSPS) is 22.9. The summed E-state index contributed by atoms with van der Waals surface area (Å²) in [4.78, 5) is 2.64. The van der Waals surface area contributed by atoms with Crippen LogP contribution < -0.4 is 4.90 Å². The zero-order valence-electron chi connectivity index (χ0n) is 14.0. The Kier molecular flexibility index (Phi) is 2.97. The first-order valence-corrected chi connectivity index (χ1v) is 8.16. The van der Waals surface area contributed by atoms with Crippen molar-refractivity contribution in [3.05, 3.63) is 28.8 Å². The highest BCUT2D eigenvalue weighted by Gasteiger charge is 2.39. The van der Waals surface area contributed by atoms with Crippen LogP contribution in [0.15, 0.2) is 12.1 Å². The van der Waals surface area contributed by atoms with Gasteiger partial charge in [0.1, 0.15) is 0 Å². The third kappa shape index (κ3) is 1.98. The van der Waals surface area contributed by atoms with E-state index in [1.807, 2.05) is 0 Å². The van der Waals surface area contributed by atoms with E-state index < -0.39 is 0 Å². The van der Waals surface area contributed by atoms with Gasteiger partial charge in [0.2, 0.25) is 0 Å². The van der Waals surface area contributed by atoms with Gasteiger partial charge in [0.05, 0.1) is 0 Å². The average molecular weight is 271 g/mol. The van der Waals surface area contributed by atoms with Gasteiger partial charge in [-0.1, -0.05) is 53.7 Å². The summed E-state index contributed by atoms with van der Waals surface area (Å²) in [5.74, 6) is 0.612. The van der Waals surface area contributed by atoms with Crippen LogP contribution in [0.2, 0.25) is 0 Å². The van der Waals surface area contributed by atoms with Crippen molar-refractivity contribution in [3.63, 3.8) is 0 Å². The zero-order valence-corrected chi connectivity index (χ0v) is 14.0. The lowest BCUT2D eigenvalue weighted by Crippen LogP contribution is -2.44. The van der Waals surface area contributed by atoms with Crippen LogP contribution in [0.25, 0.3) is 0 Å². The number of nitrogens with zero attached hydrogens (tertiary/aromatic N) is 1. The summed E-state index contributed by atoms with van der Waals surface area (Å²) in [5.41, 5.74) is 6.92. The van der Waals surface area contributed by atoms with E-state index in [9.17, 15) is 0 Å². The van der Waals surface area contributed by atoms with E-state index in [1.165, 1.54) is 31.5 Å². The largest absolute Gasteiger partial charge is 0.371 e. The lowest BCUT2D eigenvalue weighted by Gasteiger charge is -2.48. The fraction of sp³-hybridized carbons (Fsp3) is 0.684. The van der Waals surface area contributed by atoms with Crippen LogP contribution in [0.1, 0.15) is 77.0 Å². The Bertz CT molecular complexity index is 496. The highest BCUT2D eigenvalue weighted by Crippen LogP contribution is 2.49. The highest BCUT2D eigenvalue weighted by molar-refractivity contribution is 5.68. The molecule has 0 unspecified atom stereocenters. The van der Waals surface area contributed by atoms with Gasteiger partial charge in [-0.05, 0) is 46.3 Å². The zero-order chi connectivity index (χ0) is 14.7. The van der Waals surface area contributed by atoms with E-state index >= 15 is 0 Å². The quantitative estimate of drug-likeness (QED) is 0.696. The maximum absolute atomic E-state index is 2.64. The fourth-order valence-electron chi connectivity index (χ4n) is 3.80. The molecule has 0 amide bonds. The van der Waals surface area contributed by atoms with Crippen molar-refractivity contribution in [2.45, 2.75) is 71.1 Å². The van der Waals surface area contributed by atoms with Gasteiger partial charge in [0, 0.05) is 18.8 Å². The fourth-order valence-corrected chi connectivity index (χ4v) is 3.80. The monoisotopic (exact) mass is 271 g/mol. The molecule has 1 aromatic carbocycles. The molecule has 0 bridgehead atoms. The molecule has 0 fully saturated rings. The summed E-state index contributed by atoms with van der Waals surface area (Å²) in [6.07, 6.45) is 2.56. The first-order chi connectivity index (χ1) is 9.22. The van der Waals surface area contributed by atoms with Crippen LogP contribution in [0.5, 0.6) is 0 Å². The maximum Gasteiger partial charge on any atom is 0.0442 e. The third-order valence-electron chi connectivity index (χ3n) is 5.59. The number of benzene rings is 1. The van der Waals surface area contributed by atoms with Gasteiger partial charge in [-0.15, -0.1) is 0 Å². The SMILES string of the molecule is CC(C)c1cc2c3c(c1)C(C)(C)CCN3CCC2(C)C. The van der Waals surface area contributed by atoms with Crippen LogP contribution in [0, 0.1) is 0 Å². The summed E-state index contributed by atoms with van der Waals surface area (Å²) < 4.78 is 0. The number of rotatable bonds is 1. The number of hydrogen-bond acceptors (Lipinski definition) is 1. The Morgan fingerprint density at radius 1 is 0.900 bits per heavy atom. The van der Waals surface area contributed by atoms with Crippen molar-refractivity contribution >= 4 is 5.69 Å². The molecule has 0 N–H and O–H groups in total. The molecule has 0 aromatic heterocycles. The maximum atomic E-state index is 2.64. The van der Waals surface area contributed by atoms with E-state index in [-0.39, 0.29) is 0 Å². The summed E-state index contributed by atoms with van der Waals surface area (Å²) >= 11 is 0. The summed E-state index contributed by atoms with van der Waals surface area (Å²) in [7, 11) is 0. The molecular weight excluding hydrogens is 242 g/mol. The Morgan fingerprint density at radius 2 is 1.35 bits per heavy atom. The molecule has 2 aliphatic heterocycles. The molecule has 1 heteroatoms. The van der Waals surface area contributed by atoms with Crippen LogP contribution in [0.3, 0.4) is 0 Å². The van der Waals surface area contributed by atoms with E-state index in [2.05, 4.69) is 58.6 Å². The Morgan fingerprint density at radius 3 is 1.75 bits per heavy atom. The van der Waals surface area contributed by atoms with Crippen molar-refractivity contribution in [2.75, 3.05) is 18.0 Å². The third-order valence-corrected chi connectivity index (χ3v) is 5.59. The Hall–Kier alpha value is -0.980. The molecular formula is C19H29N. The molecule has 0 saturated carbocycles. The summed E-state index contributed by atoms with van der Waals surface area (Å²) in [6, 6.07) is 4.99. The van der Waals surface area contributed by atoms with E-state index in [0.717, 1.165) is 0 Å². The minimum atomic E-state index is 0.318. The first-order valence-electron chi connectivity index (χ1n) is 8.16. The molecule has 0 aliphatic carbocycles. The predicted octanol–water partition coefficient (Wildman–Crippen LogP) is 4.98. The lowest BCUT2D eigenvalue weighted by atomic mass is 9.68. The van der Waals surface area contributed by atoms with Gasteiger partial charge in [-0.2, -0.15) is 0 Å². The molecule has 1 aromatic rings. The summed E-state index contributed by atoms with van der Waals surface area (Å²) in [6.45, 7) is 16.8. The van der Waals surface area contributed by atoms with Gasteiger partial charge in [-0.25, -0.2) is 0 Å². The number of anilines is 1. The van der Waals surface area contributed by atoms with E-state index in [1.54, 1.807) is 16.8 Å². The standard InChI is InChI=1S/C19H29N/c1-13(2)14-11-15-17-16(12-14)19(5,6)8-10-20(17)9-7-18(15,3)4/h11-13H,7-10H2,1-6H3. The predicted molar refractivity (Wildman–Crippen MR) is 88.0 cm³/mol. The van der Waals surface area contributed by atoms with Crippen molar-refractivity contribution in [1.29, 1.82) is 0 Å². The van der Waals surface area contributed by atoms with Gasteiger partial charge < -0.3 is 4.90 Å². The number of hydrogen-bond donors (Lipinski definition) is 0. The molecule has 0 radical (unpaired) electrons. The average Bonchev–Trinajstić information content (AvgIpc) is 2.36. The second kappa shape index (κ2) is 4.26.